The van der Waals surface area contributed by atoms with Crippen molar-refractivity contribution in [2.45, 2.75) is 33.2 Å². The summed E-state index contributed by atoms with van der Waals surface area (Å²) >= 11 is 6.67. The van der Waals surface area contributed by atoms with Gasteiger partial charge in [0, 0.05) is 12.1 Å². The third kappa shape index (κ3) is 5.46. The zero-order valence-electron chi connectivity index (χ0n) is 17.1. The van der Waals surface area contributed by atoms with Gasteiger partial charge in [-0.1, -0.05) is 72.9 Å². The van der Waals surface area contributed by atoms with Crippen LogP contribution in [0.2, 0.25) is 0 Å². The molecule has 1 atom stereocenters. The van der Waals surface area contributed by atoms with Crippen LogP contribution < -0.4 is 4.74 Å². The van der Waals surface area contributed by atoms with Crippen molar-refractivity contribution >= 4 is 52.3 Å². The number of ether oxygens (including phenoxy) is 1. The van der Waals surface area contributed by atoms with E-state index in [0.717, 1.165) is 23.1 Å². The Labute approximate surface area is 186 Å². The van der Waals surface area contributed by atoms with E-state index in [1.54, 1.807) is 23.1 Å². The molecule has 0 bridgehead atoms. The molecule has 0 aromatic heterocycles. The Morgan fingerprint density at radius 2 is 1.77 bits per heavy atom. The molecule has 1 amide bonds. The highest BCUT2D eigenvalue weighted by Gasteiger charge is 2.34. The second-order valence-electron chi connectivity index (χ2n) is 7.04. The van der Waals surface area contributed by atoms with Gasteiger partial charge in [0.2, 0.25) is 0 Å². The number of benzene rings is 2. The van der Waals surface area contributed by atoms with E-state index in [0.29, 0.717) is 15.0 Å². The number of carbonyl (C=O) groups is 2. The first-order chi connectivity index (χ1) is 14.4. The fourth-order valence-electron chi connectivity index (χ4n) is 2.82. The van der Waals surface area contributed by atoms with E-state index in [4.69, 9.17) is 17.0 Å². The molecule has 6 heteroatoms. The van der Waals surface area contributed by atoms with Gasteiger partial charge in [0.15, 0.2) is 0 Å². The predicted octanol–water partition coefficient (Wildman–Crippen LogP) is 5.61. The van der Waals surface area contributed by atoms with Gasteiger partial charge >= 0.3 is 5.97 Å². The number of esters is 1. The molecule has 1 heterocycles. The summed E-state index contributed by atoms with van der Waals surface area (Å²) in [5, 5.41) is 0. The van der Waals surface area contributed by atoms with Gasteiger partial charge < -0.3 is 4.74 Å². The van der Waals surface area contributed by atoms with Gasteiger partial charge in [-0.2, -0.15) is 0 Å². The van der Waals surface area contributed by atoms with Crippen LogP contribution >= 0.6 is 24.0 Å². The summed E-state index contributed by atoms with van der Waals surface area (Å²) in [7, 11) is 0. The molecule has 1 aliphatic heterocycles. The van der Waals surface area contributed by atoms with Crippen LogP contribution in [0.5, 0.6) is 5.75 Å². The Morgan fingerprint density at radius 3 is 2.40 bits per heavy atom. The molecular weight excluding hydrogens is 414 g/mol. The molecule has 0 radical (unpaired) electrons. The number of nitrogens with zero attached hydrogens (tertiary/aromatic N) is 1. The molecule has 1 unspecified atom stereocenters. The fourth-order valence-corrected chi connectivity index (χ4v) is 4.28. The summed E-state index contributed by atoms with van der Waals surface area (Å²) < 4.78 is 5.93. The summed E-state index contributed by atoms with van der Waals surface area (Å²) in [5.74, 6) is -0.0632. The quantitative estimate of drug-likeness (QED) is 0.254. The van der Waals surface area contributed by atoms with E-state index in [1.165, 1.54) is 17.8 Å². The predicted molar refractivity (Wildman–Crippen MR) is 127 cm³/mol. The Kier molecular flexibility index (Phi) is 7.24. The smallest absolute Gasteiger partial charge is 0.336 e. The van der Waals surface area contributed by atoms with E-state index in [-0.39, 0.29) is 11.9 Å². The van der Waals surface area contributed by atoms with Crippen LogP contribution in [0, 0.1) is 6.92 Å². The molecule has 4 nitrogen and oxygen atoms in total. The minimum Gasteiger partial charge on any atom is -0.423 e. The van der Waals surface area contributed by atoms with Crippen molar-refractivity contribution in [1.29, 1.82) is 0 Å². The van der Waals surface area contributed by atoms with Crippen molar-refractivity contribution in [1.82, 2.24) is 4.90 Å². The maximum Gasteiger partial charge on any atom is 0.336 e. The summed E-state index contributed by atoms with van der Waals surface area (Å²) in [6, 6.07) is 15.0. The van der Waals surface area contributed by atoms with E-state index in [2.05, 4.69) is 0 Å². The van der Waals surface area contributed by atoms with Crippen molar-refractivity contribution in [3.63, 3.8) is 0 Å². The zero-order chi connectivity index (χ0) is 21.7. The Hall–Kier alpha value is -2.70. The van der Waals surface area contributed by atoms with Gasteiger partial charge in [-0.05, 0) is 55.7 Å². The molecule has 154 valence electrons. The number of amides is 1. The number of thiocarbonyl (C=S) groups is 1. The molecule has 2 aromatic carbocycles. The normalized spacial score (nSPS) is 16.5. The molecule has 3 rings (SSSR count). The van der Waals surface area contributed by atoms with E-state index < -0.39 is 5.97 Å². The molecule has 0 aliphatic carbocycles. The van der Waals surface area contributed by atoms with Crippen LogP contribution in [0.25, 0.3) is 12.2 Å². The van der Waals surface area contributed by atoms with Crippen molar-refractivity contribution < 1.29 is 14.3 Å². The maximum atomic E-state index is 12.6. The van der Waals surface area contributed by atoms with Gasteiger partial charge in [-0.15, -0.1) is 0 Å². The molecule has 0 saturated carbocycles. The topological polar surface area (TPSA) is 46.6 Å². The van der Waals surface area contributed by atoms with Gasteiger partial charge in [0.1, 0.15) is 10.1 Å². The second kappa shape index (κ2) is 9.87. The largest absolute Gasteiger partial charge is 0.423 e. The van der Waals surface area contributed by atoms with Gasteiger partial charge in [-0.25, -0.2) is 4.79 Å². The van der Waals surface area contributed by atoms with Crippen molar-refractivity contribution in [3.8, 4) is 5.75 Å². The highest BCUT2D eigenvalue weighted by Crippen LogP contribution is 2.34. The monoisotopic (exact) mass is 437 g/mol. The minimum absolute atomic E-state index is 0.0592. The number of aryl methyl sites for hydroxylation is 1. The third-order valence-corrected chi connectivity index (χ3v) is 6.07. The van der Waals surface area contributed by atoms with E-state index >= 15 is 0 Å². The van der Waals surface area contributed by atoms with Crippen LogP contribution in [0.1, 0.15) is 37.0 Å². The first kappa shape index (κ1) is 22.0. The Balaban J connectivity index is 1.63. The lowest BCUT2D eigenvalue weighted by Crippen LogP contribution is -2.36. The van der Waals surface area contributed by atoms with Gasteiger partial charge in [0.25, 0.3) is 5.91 Å². The summed E-state index contributed by atoms with van der Waals surface area (Å²) in [6.07, 6.45) is 5.77. The minimum atomic E-state index is -0.447. The SMILES string of the molecule is CCC(C)N1C(=O)C(=Cc2ccc(OC(=O)C=Cc3ccc(C)cc3)cc2)SC1=S. The Bertz CT molecular complexity index is 1010. The number of thioether (sulfide) groups is 1. The second-order valence-corrected chi connectivity index (χ2v) is 8.72. The van der Waals surface area contributed by atoms with Gasteiger partial charge in [-0.3, -0.25) is 9.69 Å². The molecule has 0 N–H and O–H groups in total. The van der Waals surface area contributed by atoms with E-state index in [9.17, 15) is 9.59 Å². The molecule has 30 heavy (non-hydrogen) atoms. The van der Waals surface area contributed by atoms with Crippen LogP contribution in [0.4, 0.5) is 0 Å². The number of hydrogen-bond acceptors (Lipinski definition) is 5. The van der Waals surface area contributed by atoms with Gasteiger partial charge in [0.05, 0.1) is 4.91 Å². The van der Waals surface area contributed by atoms with Crippen LogP contribution in [0.3, 0.4) is 0 Å². The highest BCUT2D eigenvalue weighted by atomic mass is 32.2. The van der Waals surface area contributed by atoms with Crippen LogP contribution in [-0.2, 0) is 9.59 Å². The standard InChI is InChI=1S/C24H23NO3S2/c1-4-17(3)25-23(27)21(30-24(25)29)15-19-9-12-20(13-10-19)28-22(26)14-11-18-7-5-16(2)6-8-18/h5-15,17H,4H2,1-3H3. The Morgan fingerprint density at radius 1 is 1.13 bits per heavy atom. The number of carbonyl (C=O) groups excluding carboxylic acids is 2. The maximum absolute atomic E-state index is 12.6. The van der Waals surface area contributed by atoms with Crippen LogP contribution in [-0.4, -0.2) is 27.1 Å². The molecular formula is C24H23NO3S2. The summed E-state index contributed by atoms with van der Waals surface area (Å²) in [4.78, 5) is 26.9. The molecule has 1 fully saturated rings. The van der Waals surface area contributed by atoms with E-state index in [1.807, 2.05) is 63.2 Å². The lowest BCUT2D eigenvalue weighted by atomic mass is 10.1. The summed E-state index contributed by atoms with van der Waals surface area (Å²) in [6.45, 7) is 6.03. The number of rotatable bonds is 6. The molecule has 1 saturated heterocycles. The molecule has 0 spiro atoms. The lowest BCUT2D eigenvalue weighted by molar-refractivity contribution is -0.129. The average Bonchev–Trinajstić information content (AvgIpc) is 3.01. The van der Waals surface area contributed by atoms with Crippen LogP contribution in [0.15, 0.2) is 59.5 Å². The third-order valence-electron chi connectivity index (χ3n) is 4.74. The number of hydrogen-bond donors (Lipinski definition) is 0. The lowest BCUT2D eigenvalue weighted by Gasteiger charge is -2.21. The first-order valence-electron chi connectivity index (χ1n) is 9.71. The molecule has 2 aromatic rings. The highest BCUT2D eigenvalue weighted by molar-refractivity contribution is 8.26. The fraction of sp³-hybridized carbons (Fsp3) is 0.208. The van der Waals surface area contributed by atoms with Crippen molar-refractivity contribution in [2.24, 2.45) is 0 Å². The zero-order valence-corrected chi connectivity index (χ0v) is 18.8. The van der Waals surface area contributed by atoms with Crippen molar-refractivity contribution in [3.05, 3.63) is 76.2 Å². The van der Waals surface area contributed by atoms with Crippen molar-refractivity contribution in [2.75, 3.05) is 0 Å². The average molecular weight is 438 g/mol. The first-order valence-corrected chi connectivity index (χ1v) is 10.9. The molecule has 1 aliphatic rings. The summed E-state index contributed by atoms with van der Waals surface area (Å²) in [5.41, 5.74) is 2.94.